The summed E-state index contributed by atoms with van der Waals surface area (Å²) in [7, 11) is 1.47. The van der Waals surface area contributed by atoms with E-state index in [0.717, 1.165) is 36.4 Å². The van der Waals surface area contributed by atoms with Crippen LogP contribution in [0, 0.1) is 11.3 Å². The fraction of sp³-hybridized carbons (Fsp3) is 0.348. The first-order chi connectivity index (χ1) is 16.6. The molecule has 3 aromatic rings. The average Bonchev–Trinajstić information content (AvgIpc) is 3.22. The molecule has 3 heterocycles. The fourth-order valence-electron chi connectivity index (χ4n) is 4.08. The Balaban J connectivity index is 1.58. The average molecular weight is 463 g/mol. The zero-order chi connectivity index (χ0) is 24.1. The van der Waals surface area contributed by atoms with Crippen molar-refractivity contribution in [3.05, 3.63) is 42.6 Å². The quantitative estimate of drug-likeness (QED) is 0.428. The first kappa shape index (κ1) is 23.0. The van der Waals surface area contributed by atoms with E-state index in [-0.39, 0.29) is 30.0 Å². The van der Waals surface area contributed by atoms with E-state index < -0.39 is 0 Å². The van der Waals surface area contributed by atoms with Crippen LogP contribution in [0.1, 0.15) is 18.4 Å². The van der Waals surface area contributed by atoms with E-state index >= 15 is 0 Å². The standard InChI is InChI=1S/C23H26N8O3/c1-3-20(33)26-16-6-7-19-18(11-16)28-23(31(19)9-10-32)30-8-4-5-17(14-30)27-22-25-13-15(12-24)21(29-22)34-2/h3,6-7,11,13,17,32H,1,4-5,8-10,14H2,2H3,(H,26,33)(H,25,27,29)/t17-/m1/s1. The topological polar surface area (TPSA) is 141 Å². The van der Waals surface area contributed by atoms with Gasteiger partial charge in [0.25, 0.3) is 0 Å². The van der Waals surface area contributed by atoms with Crippen LogP contribution in [0.15, 0.2) is 37.1 Å². The number of hydrogen-bond donors (Lipinski definition) is 3. The van der Waals surface area contributed by atoms with Gasteiger partial charge in [0, 0.05) is 31.4 Å². The molecule has 0 unspecified atom stereocenters. The lowest BCUT2D eigenvalue weighted by atomic mass is 10.1. The molecule has 0 bridgehead atoms. The van der Waals surface area contributed by atoms with Gasteiger partial charge in [-0.1, -0.05) is 6.58 Å². The molecule has 2 aromatic heterocycles. The number of nitriles is 1. The van der Waals surface area contributed by atoms with Gasteiger partial charge in [0.05, 0.1) is 30.9 Å². The lowest BCUT2D eigenvalue weighted by Crippen LogP contribution is -2.43. The molecule has 11 nitrogen and oxygen atoms in total. The van der Waals surface area contributed by atoms with E-state index in [4.69, 9.17) is 15.0 Å². The van der Waals surface area contributed by atoms with Crippen molar-refractivity contribution in [1.82, 2.24) is 19.5 Å². The Morgan fingerprint density at radius 1 is 1.44 bits per heavy atom. The molecule has 3 N–H and O–H groups in total. The van der Waals surface area contributed by atoms with Crippen molar-refractivity contribution in [2.24, 2.45) is 0 Å². The molecule has 0 saturated carbocycles. The molecule has 4 rings (SSSR count). The normalized spacial score (nSPS) is 15.6. The van der Waals surface area contributed by atoms with Gasteiger partial charge in [-0.15, -0.1) is 0 Å². The highest BCUT2D eigenvalue weighted by atomic mass is 16.5. The van der Waals surface area contributed by atoms with E-state index in [9.17, 15) is 9.90 Å². The minimum absolute atomic E-state index is 0.0260. The summed E-state index contributed by atoms with van der Waals surface area (Å²) in [5, 5.41) is 24.9. The Hall–Kier alpha value is -4.17. The predicted octanol–water partition coefficient (Wildman–Crippen LogP) is 1.90. The van der Waals surface area contributed by atoms with E-state index in [1.807, 2.05) is 22.8 Å². The Morgan fingerprint density at radius 2 is 2.29 bits per heavy atom. The molecule has 0 spiro atoms. The monoisotopic (exact) mass is 462 g/mol. The lowest BCUT2D eigenvalue weighted by Gasteiger charge is -2.34. The largest absolute Gasteiger partial charge is 0.480 e. The summed E-state index contributed by atoms with van der Waals surface area (Å²) in [4.78, 5) is 27.2. The van der Waals surface area contributed by atoms with Crippen LogP contribution in [-0.4, -0.2) is 63.4 Å². The number of nitrogens with one attached hydrogen (secondary N) is 2. The molecule has 1 aliphatic rings. The lowest BCUT2D eigenvalue weighted by molar-refractivity contribution is -0.111. The Labute approximate surface area is 196 Å². The van der Waals surface area contributed by atoms with Crippen LogP contribution in [0.25, 0.3) is 11.0 Å². The van der Waals surface area contributed by atoms with Crippen LogP contribution < -0.4 is 20.3 Å². The maximum atomic E-state index is 11.7. The molecular formula is C23H26N8O3. The summed E-state index contributed by atoms with van der Waals surface area (Å²) >= 11 is 0. The van der Waals surface area contributed by atoms with Gasteiger partial charge in [-0.05, 0) is 37.1 Å². The number of benzene rings is 1. The van der Waals surface area contributed by atoms with E-state index in [1.165, 1.54) is 19.4 Å². The number of aliphatic hydroxyl groups excluding tert-OH is 1. The third-order valence-electron chi connectivity index (χ3n) is 5.61. The Kier molecular flexibility index (Phi) is 6.89. The van der Waals surface area contributed by atoms with Crippen molar-refractivity contribution < 1.29 is 14.6 Å². The smallest absolute Gasteiger partial charge is 0.247 e. The molecular weight excluding hydrogens is 436 g/mol. The van der Waals surface area contributed by atoms with Gasteiger partial charge in [-0.3, -0.25) is 4.79 Å². The number of nitrogens with zero attached hydrogens (tertiary/aromatic N) is 6. The van der Waals surface area contributed by atoms with Gasteiger partial charge in [-0.2, -0.15) is 10.2 Å². The van der Waals surface area contributed by atoms with Gasteiger partial charge in [0.1, 0.15) is 11.6 Å². The maximum Gasteiger partial charge on any atom is 0.247 e. The van der Waals surface area contributed by atoms with Gasteiger partial charge >= 0.3 is 0 Å². The first-order valence-corrected chi connectivity index (χ1v) is 10.9. The number of anilines is 3. The predicted molar refractivity (Wildman–Crippen MR) is 128 cm³/mol. The third-order valence-corrected chi connectivity index (χ3v) is 5.61. The number of aliphatic hydroxyl groups is 1. The van der Waals surface area contributed by atoms with Crippen molar-refractivity contribution in [2.75, 3.05) is 42.3 Å². The minimum atomic E-state index is -0.291. The summed E-state index contributed by atoms with van der Waals surface area (Å²) in [6, 6.07) is 7.56. The third kappa shape index (κ3) is 4.77. The Bertz CT molecular complexity index is 1250. The second-order valence-corrected chi connectivity index (χ2v) is 7.84. The zero-order valence-corrected chi connectivity index (χ0v) is 18.9. The van der Waals surface area contributed by atoms with Crippen molar-refractivity contribution in [3.63, 3.8) is 0 Å². The molecule has 11 heteroatoms. The van der Waals surface area contributed by atoms with Crippen molar-refractivity contribution in [3.8, 4) is 11.9 Å². The van der Waals surface area contributed by atoms with Crippen molar-refractivity contribution in [2.45, 2.75) is 25.4 Å². The number of methoxy groups -OCH3 is 1. The van der Waals surface area contributed by atoms with Crippen LogP contribution in [0.2, 0.25) is 0 Å². The summed E-state index contributed by atoms with van der Waals surface area (Å²) in [5.74, 6) is 1.09. The Morgan fingerprint density at radius 3 is 3.03 bits per heavy atom. The summed E-state index contributed by atoms with van der Waals surface area (Å²) < 4.78 is 7.17. The molecule has 1 fully saturated rings. The molecule has 0 radical (unpaired) electrons. The summed E-state index contributed by atoms with van der Waals surface area (Å²) in [5.41, 5.74) is 2.50. The van der Waals surface area contributed by atoms with E-state index in [1.54, 1.807) is 6.07 Å². The SMILES string of the molecule is C=CC(=O)Nc1ccc2c(c1)nc(N1CCC[C@@H](Nc3ncc(C#N)c(OC)n3)C1)n2CCO. The molecule has 176 valence electrons. The zero-order valence-electron chi connectivity index (χ0n) is 18.9. The number of rotatable bonds is 8. The highest BCUT2D eigenvalue weighted by Gasteiger charge is 2.25. The summed E-state index contributed by atoms with van der Waals surface area (Å²) in [6.07, 6.45) is 4.50. The van der Waals surface area contributed by atoms with Gasteiger partial charge in [0.2, 0.25) is 23.7 Å². The second kappa shape index (κ2) is 10.2. The summed E-state index contributed by atoms with van der Waals surface area (Å²) in [6.45, 7) is 5.31. The van der Waals surface area contributed by atoms with Crippen LogP contribution in [-0.2, 0) is 11.3 Å². The molecule has 1 aromatic carbocycles. The number of aromatic nitrogens is 4. The molecule has 1 atom stereocenters. The van der Waals surface area contributed by atoms with Gasteiger partial charge in [-0.25, -0.2) is 9.97 Å². The van der Waals surface area contributed by atoms with Crippen molar-refractivity contribution in [1.29, 1.82) is 5.26 Å². The molecule has 1 aliphatic heterocycles. The molecule has 0 aliphatic carbocycles. The number of hydrogen-bond acceptors (Lipinski definition) is 9. The number of fused-ring (bicyclic) bond motifs is 1. The molecule has 1 amide bonds. The van der Waals surface area contributed by atoms with Crippen molar-refractivity contribution >= 4 is 34.5 Å². The van der Waals surface area contributed by atoms with Crippen LogP contribution >= 0.6 is 0 Å². The number of amides is 1. The molecule has 1 saturated heterocycles. The number of carbonyl (C=O) groups is 1. The number of imidazole rings is 1. The number of carbonyl (C=O) groups excluding carboxylic acids is 1. The van der Waals surface area contributed by atoms with Crippen LogP contribution in [0.3, 0.4) is 0 Å². The molecule has 34 heavy (non-hydrogen) atoms. The number of ether oxygens (including phenoxy) is 1. The fourth-order valence-corrected chi connectivity index (χ4v) is 4.08. The van der Waals surface area contributed by atoms with Gasteiger partial charge < -0.3 is 29.9 Å². The minimum Gasteiger partial charge on any atom is -0.480 e. The van der Waals surface area contributed by atoms with E-state index in [2.05, 4.69) is 32.1 Å². The first-order valence-electron chi connectivity index (χ1n) is 10.9. The maximum absolute atomic E-state index is 11.7. The second-order valence-electron chi connectivity index (χ2n) is 7.84. The van der Waals surface area contributed by atoms with Crippen LogP contribution in [0.5, 0.6) is 5.88 Å². The number of piperidine rings is 1. The van der Waals surface area contributed by atoms with Gasteiger partial charge in [0.15, 0.2) is 0 Å². The van der Waals surface area contributed by atoms with E-state index in [0.29, 0.717) is 24.7 Å². The highest BCUT2D eigenvalue weighted by Crippen LogP contribution is 2.28. The highest BCUT2D eigenvalue weighted by molar-refractivity contribution is 6.00. The van der Waals surface area contributed by atoms with Crippen LogP contribution in [0.4, 0.5) is 17.6 Å².